The van der Waals surface area contributed by atoms with Crippen LogP contribution >= 0.6 is 33.9 Å². The Morgan fingerprint density at radius 1 is 1.15 bits per heavy atom. The van der Waals surface area contributed by atoms with Gasteiger partial charge in [0.25, 0.3) is 11.8 Å². The van der Waals surface area contributed by atoms with Gasteiger partial charge in [-0.05, 0) is 78.1 Å². The Bertz CT molecular complexity index is 861. The van der Waals surface area contributed by atoms with E-state index >= 15 is 0 Å². The molecule has 8 heteroatoms. The van der Waals surface area contributed by atoms with Crippen molar-refractivity contribution in [1.82, 2.24) is 0 Å². The molecule has 0 atom stereocenters. The van der Waals surface area contributed by atoms with Gasteiger partial charge < -0.3 is 15.8 Å². The number of ether oxygens (including phenoxy) is 1. The molecule has 0 unspecified atom stereocenters. The quantitative estimate of drug-likeness (QED) is 0.504. The zero-order valence-corrected chi connectivity index (χ0v) is 16.8. The number of halogens is 1. The molecule has 26 heavy (non-hydrogen) atoms. The maximum Gasteiger partial charge on any atom is 0.338 e. The molecule has 2 amide bonds. The number of anilines is 1. The summed E-state index contributed by atoms with van der Waals surface area (Å²) in [5.74, 6) is -1.61. The number of fused-ring (bicyclic) bond motifs is 1. The van der Waals surface area contributed by atoms with Crippen LogP contribution in [0.25, 0.3) is 0 Å². The number of nitrogens with one attached hydrogen (secondary N) is 1. The number of thiophene rings is 1. The fraction of sp³-hybridized carbons (Fsp3) is 0.278. The third-order valence-corrected chi connectivity index (χ3v) is 6.01. The summed E-state index contributed by atoms with van der Waals surface area (Å²) >= 11 is 3.51. The summed E-state index contributed by atoms with van der Waals surface area (Å²) in [6.45, 7) is -0.425. The van der Waals surface area contributed by atoms with Crippen molar-refractivity contribution in [2.24, 2.45) is 5.73 Å². The molecule has 0 radical (unpaired) electrons. The molecular weight excluding hydrogens is 467 g/mol. The van der Waals surface area contributed by atoms with Crippen LogP contribution in [0.15, 0.2) is 24.3 Å². The van der Waals surface area contributed by atoms with E-state index < -0.39 is 24.4 Å². The lowest BCUT2D eigenvalue weighted by atomic mass is 9.95. The van der Waals surface area contributed by atoms with Gasteiger partial charge in [-0.15, -0.1) is 11.3 Å². The molecule has 2 aromatic rings. The Labute approximate surface area is 168 Å². The van der Waals surface area contributed by atoms with Crippen LogP contribution < -0.4 is 11.1 Å². The second kappa shape index (κ2) is 8.17. The van der Waals surface area contributed by atoms with Gasteiger partial charge in [0.05, 0.1) is 11.1 Å². The van der Waals surface area contributed by atoms with Gasteiger partial charge in [-0.25, -0.2) is 4.79 Å². The monoisotopic (exact) mass is 484 g/mol. The summed E-state index contributed by atoms with van der Waals surface area (Å²) in [6.07, 6.45) is 3.75. The van der Waals surface area contributed by atoms with Crippen LogP contribution in [-0.2, 0) is 22.4 Å². The highest BCUT2D eigenvalue weighted by Gasteiger charge is 2.25. The SMILES string of the molecule is NC(=O)c1c(NC(=O)COC(=O)c2ccc(I)cc2)sc2c1CCCC2. The first kappa shape index (κ1) is 18.8. The van der Waals surface area contributed by atoms with Crippen molar-refractivity contribution in [3.05, 3.63) is 49.4 Å². The number of nitrogens with two attached hydrogens (primary N) is 1. The van der Waals surface area contributed by atoms with E-state index in [1.165, 1.54) is 11.3 Å². The molecule has 136 valence electrons. The van der Waals surface area contributed by atoms with Gasteiger partial charge in [0.1, 0.15) is 5.00 Å². The first-order chi connectivity index (χ1) is 12.5. The Kier molecular flexibility index (Phi) is 5.92. The third-order valence-electron chi connectivity index (χ3n) is 4.08. The fourth-order valence-corrected chi connectivity index (χ4v) is 4.55. The lowest BCUT2D eigenvalue weighted by Gasteiger charge is -2.11. The van der Waals surface area contributed by atoms with Crippen molar-refractivity contribution in [2.45, 2.75) is 25.7 Å². The lowest BCUT2D eigenvalue weighted by Crippen LogP contribution is -2.23. The van der Waals surface area contributed by atoms with Gasteiger partial charge in [0, 0.05) is 8.45 Å². The minimum atomic E-state index is -0.572. The van der Waals surface area contributed by atoms with E-state index in [-0.39, 0.29) is 0 Å². The molecule has 3 N–H and O–H groups in total. The van der Waals surface area contributed by atoms with Crippen molar-refractivity contribution < 1.29 is 19.1 Å². The van der Waals surface area contributed by atoms with E-state index in [0.717, 1.165) is 39.7 Å². The number of carbonyl (C=O) groups is 3. The van der Waals surface area contributed by atoms with Gasteiger partial charge in [0.15, 0.2) is 6.61 Å². The van der Waals surface area contributed by atoms with E-state index in [2.05, 4.69) is 27.9 Å². The van der Waals surface area contributed by atoms with Gasteiger partial charge in [0.2, 0.25) is 0 Å². The van der Waals surface area contributed by atoms with E-state index in [0.29, 0.717) is 16.1 Å². The number of carbonyl (C=O) groups excluding carboxylic acids is 3. The molecule has 1 heterocycles. The Balaban J connectivity index is 1.65. The van der Waals surface area contributed by atoms with Crippen molar-refractivity contribution >= 4 is 56.7 Å². The largest absolute Gasteiger partial charge is 0.452 e. The zero-order chi connectivity index (χ0) is 18.7. The lowest BCUT2D eigenvalue weighted by molar-refractivity contribution is -0.119. The summed E-state index contributed by atoms with van der Waals surface area (Å²) in [4.78, 5) is 37.0. The molecule has 0 spiro atoms. The summed E-state index contributed by atoms with van der Waals surface area (Å²) < 4.78 is 6.04. The van der Waals surface area contributed by atoms with E-state index in [4.69, 9.17) is 10.5 Å². The average molecular weight is 484 g/mol. The molecule has 1 aliphatic carbocycles. The highest BCUT2D eigenvalue weighted by atomic mass is 127. The highest BCUT2D eigenvalue weighted by Crippen LogP contribution is 2.37. The average Bonchev–Trinajstić information content (AvgIpc) is 2.98. The first-order valence-electron chi connectivity index (χ1n) is 8.12. The van der Waals surface area contributed by atoms with Crippen molar-refractivity contribution in [2.75, 3.05) is 11.9 Å². The van der Waals surface area contributed by atoms with Crippen LogP contribution in [-0.4, -0.2) is 24.4 Å². The molecule has 0 aliphatic heterocycles. The summed E-state index contributed by atoms with van der Waals surface area (Å²) in [6, 6.07) is 6.85. The van der Waals surface area contributed by atoms with Crippen LogP contribution in [0.2, 0.25) is 0 Å². The number of aryl methyl sites for hydroxylation is 1. The topological polar surface area (TPSA) is 98.5 Å². The molecule has 1 aromatic carbocycles. The van der Waals surface area contributed by atoms with Crippen LogP contribution in [0.3, 0.4) is 0 Å². The molecule has 0 bridgehead atoms. The summed E-state index contributed by atoms with van der Waals surface area (Å²) in [5.41, 5.74) is 7.21. The molecular formula is C18H17IN2O4S. The second-order valence-electron chi connectivity index (χ2n) is 5.91. The Morgan fingerprint density at radius 3 is 2.54 bits per heavy atom. The van der Waals surface area contributed by atoms with E-state index in [9.17, 15) is 14.4 Å². The first-order valence-corrected chi connectivity index (χ1v) is 10.0. The van der Waals surface area contributed by atoms with Crippen LogP contribution in [0.4, 0.5) is 5.00 Å². The number of amides is 2. The standard InChI is InChI=1S/C18H17IN2O4S/c19-11-7-5-10(6-8-11)18(24)25-9-14(22)21-17-15(16(20)23)12-3-1-2-4-13(12)26-17/h5-8H,1-4,9H2,(H2,20,23)(H,21,22). The maximum atomic E-state index is 12.2. The maximum absolute atomic E-state index is 12.2. The smallest absolute Gasteiger partial charge is 0.338 e. The molecule has 0 saturated carbocycles. The molecule has 6 nitrogen and oxygen atoms in total. The van der Waals surface area contributed by atoms with Gasteiger partial charge in [-0.3, -0.25) is 9.59 Å². The normalized spacial score (nSPS) is 13.0. The van der Waals surface area contributed by atoms with Crippen LogP contribution in [0.5, 0.6) is 0 Å². The van der Waals surface area contributed by atoms with Gasteiger partial charge >= 0.3 is 5.97 Å². The summed E-state index contributed by atoms with van der Waals surface area (Å²) in [7, 11) is 0. The second-order valence-corrected chi connectivity index (χ2v) is 8.26. The zero-order valence-electron chi connectivity index (χ0n) is 13.8. The number of rotatable bonds is 5. The van der Waals surface area contributed by atoms with Crippen molar-refractivity contribution in [3.63, 3.8) is 0 Å². The highest BCUT2D eigenvalue weighted by molar-refractivity contribution is 14.1. The minimum Gasteiger partial charge on any atom is -0.452 e. The summed E-state index contributed by atoms with van der Waals surface area (Å²) in [5, 5.41) is 3.11. The van der Waals surface area contributed by atoms with Crippen LogP contribution in [0.1, 0.15) is 44.0 Å². The Morgan fingerprint density at radius 2 is 1.85 bits per heavy atom. The van der Waals surface area contributed by atoms with Crippen molar-refractivity contribution in [3.8, 4) is 0 Å². The predicted octanol–water partition coefficient (Wildman–Crippen LogP) is 3.13. The third kappa shape index (κ3) is 4.24. The number of primary amides is 1. The fourth-order valence-electron chi connectivity index (χ4n) is 2.88. The molecule has 0 saturated heterocycles. The molecule has 1 aliphatic rings. The number of esters is 1. The number of hydrogen-bond donors (Lipinski definition) is 2. The molecule has 3 rings (SSSR count). The van der Waals surface area contributed by atoms with E-state index in [1.54, 1.807) is 24.3 Å². The van der Waals surface area contributed by atoms with Gasteiger partial charge in [-0.2, -0.15) is 0 Å². The molecule has 1 aromatic heterocycles. The van der Waals surface area contributed by atoms with Crippen LogP contribution in [0, 0.1) is 3.57 Å². The Hall–Kier alpha value is -1.94. The minimum absolute atomic E-state index is 0.377. The number of benzene rings is 1. The number of hydrogen-bond acceptors (Lipinski definition) is 5. The molecule has 0 fully saturated rings. The van der Waals surface area contributed by atoms with Crippen molar-refractivity contribution in [1.29, 1.82) is 0 Å². The van der Waals surface area contributed by atoms with Gasteiger partial charge in [-0.1, -0.05) is 0 Å². The predicted molar refractivity (Wildman–Crippen MR) is 108 cm³/mol. The van der Waals surface area contributed by atoms with E-state index in [1.807, 2.05) is 0 Å².